The van der Waals surface area contributed by atoms with Crippen LogP contribution in [0.3, 0.4) is 0 Å². The molecule has 1 aromatic heterocycles. The van der Waals surface area contributed by atoms with Crippen LogP contribution in [0.25, 0.3) is 0 Å². The van der Waals surface area contributed by atoms with Crippen molar-refractivity contribution in [3.63, 3.8) is 0 Å². The molecular weight excluding hydrogens is 524 g/mol. The molecule has 2 aliphatic rings. The Labute approximate surface area is 215 Å². The first kappa shape index (κ1) is 29.8. The molecule has 0 aliphatic carbocycles. The number of nitrogens with one attached hydrogen (secondary N) is 3. The lowest BCUT2D eigenvalue weighted by Crippen LogP contribution is -2.65. The number of likely N-dealkylation sites (N-methyl/N-ethyl adjacent to an activating group) is 1. The molecule has 2 unspecified atom stereocenters. The minimum atomic E-state index is -4.71. The first-order valence-electron chi connectivity index (χ1n) is 12.2. The van der Waals surface area contributed by atoms with Crippen molar-refractivity contribution in [2.75, 3.05) is 44.3 Å². The van der Waals surface area contributed by atoms with Crippen LogP contribution >= 0.6 is 0 Å². The molecule has 3 atom stereocenters. The van der Waals surface area contributed by atoms with Crippen molar-refractivity contribution in [2.45, 2.75) is 57.2 Å². The number of hydrogen-bond donors (Lipinski definition) is 3. The van der Waals surface area contributed by atoms with Crippen LogP contribution in [0.5, 0.6) is 0 Å². The Balaban J connectivity index is 1.44. The van der Waals surface area contributed by atoms with E-state index in [1.807, 2.05) is 12.3 Å². The van der Waals surface area contributed by atoms with E-state index in [2.05, 4.69) is 20.7 Å². The Hall–Kier alpha value is -2.72. The second-order valence-corrected chi connectivity index (χ2v) is 9.25. The van der Waals surface area contributed by atoms with Crippen LogP contribution in [-0.4, -0.2) is 90.4 Å². The third-order valence-electron chi connectivity index (χ3n) is 6.48. The number of ether oxygens (including phenoxy) is 1. The van der Waals surface area contributed by atoms with Gasteiger partial charge in [0.05, 0.1) is 12.2 Å². The highest BCUT2D eigenvalue weighted by Gasteiger charge is 2.51. The molecule has 16 heteroatoms. The van der Waals surface area contributed by atoms with E-state index >= 15 is 0 Å². The van der Waals surface area contributed by atoms with Crippen molar-refractivity contribution in [1.29, 1.82) is 0 Å². The molecular formula is C22H31F6N7O3. The average Bonchev–Trinajstić information content (AvgIpc) is 2.84. The predicted octanol–water partition coefficient (Wildman–Crippen LogP) is 1.49. The smallest absolute Gasteiger partial charge is 0.370 e. The number of alkyl halides is 6. The van der Waals surface area contributed by atoms with E-state index in [1.54, 1.807) is 16.7 Å². The molecule has 10 nitrogen and oxygen atoms in total. The van der Waals surface area contributed by atoms with Crippen molar-refractivity contribution >= 4 is 17.8 Å². The van der Waals surface area contributed by atoms with Gasteiger partial charge in [0.15, 0.2) is 5.92 Å². The summed E-state index contributed by atoms with van der Waals surface area (Å²) >= 11 is 0. The van der Waals surface area contributed by atoms with Gasteiger partial charge in [-0.3, -0.25) is 15.0 Å². The van der Waals surface area contributed by atoms with E-state index < -0.39 is 41.8 Å². The monoisotopic (exact) mass is 555 g/mol. The van der Waals surface area contributed by atoms with Crippen LogP contribution in [0.1, 0.15) is 32.3 Å². The Bertz CT molecular complexity index is 939. The molecule has 1 aromatic rings. The first-order chi connectivity index (χ1) is 17.8. The topological polar surface area (TPSA) is 112 Å². The number of hydrogen-bond acceptors (Lipinski definition) is 8. The molecule has 2 aliphatic heterocycles. The second-order valence-electron chi connectivity index (χ2n) is 9.25. The Morgan fingerprint density at radius 2 is 1.84 bits per heavy atom. The predicted molar refractivity (Wildman–Crippen MR) is 123 cm³/mol. The van der Waals surface area contributed by atoms with Gasteiger partial charge in [-0.1, -0.05) is 0 Å². The van der Waals surface area contributed by atoms with Crippen LogP contribution < -0.4 is 21.1 Å². The van der Waals surface area contributed by atoms with Crippen molar-refractivity contribution in [3.05, 3.63) is 18.0 Å². The highest BCUT2D eigenvalue weighted by Crippen LogP contribution is 2.31. The maximum atomic E-state index is 13.3. The number of carbonyl (C=O) groups excluding carboxylic acids is 2. The zero-order valence-corrected chi connectivity index (χ0v) is 20.9. The third-order valence-corrected chi connectivity index (χ3v) is 6.48. The van der Waals surface area contributed by atoms with E-state index in [0.717, 1.165) is 12.4 Å². The lowest BCUT2D eigenvalue weighted by Gasteiger charge is -2.38. The maximum Gasteiger partial charge on any atom is 0.419 e. The standard InChI is InChI=1S/C22H31F6N7O3/c1-3-35(15-4-6-34(7-5-15)20-29-8-14(9-30-20)21(23,24)25)17(36)12-38-11-13(2)32-16-10-31-33-19(37)18(16)22(26,27)28/h8-9,13,15-16,18,31-32H,3-7,10-12H2,1-2H3,(H,33,37)/t13-,16?,18?/m0/s1. The van der Waals surface area contributed by atoms with Crippen LogP contribution in [-0.2, 0) is 20.5 Å². The van der Waals surface area contributed by atoms with Gasteiger partial charge in [0.2, 0.25) is 17.8 Å². The highest BCUT2D eigenvalue weighted by molar-refractivity contribution is 5.80. The largest absolute Gasteiger partial charge is 0.419 e. The van der Waals surface area contributed by atoms with E-state index in [0.29, 0.717) is 32.5 Å². The zero-order chi connectivity index (χ0) is 28.1. The molecule has 0 spiro atoms. The number of aromatic nitrogens is 2. The average molecular weight is 556 g/mol. The lowest BCUT2D eigenvalue weighted by molar-refractivity contribution is -0.193. The summed E-state index contributed by atoms with van der Waals surface area (Å²) in [4.78, 5) is 35.5. The number of anilines is 1. The van der Waals surface area contributed by atoms with Gasteiger partial charge in [-0.2, -0.15) is 26.3 Å². The first-order valence-corrected chi connectivity index (χ1v) is 12.2. The number of piperidine rings is 1. The van der Waals surface area contributed by atoms with Gasteiger partial charge < -0.3 is 19.9 Å². The molecule has 3 rings (SSSR count). The molecule has 0 saturated carbocycles. The molecule has 214 valence electrons. The van der Waals surface area contributed by atoms with Crippen molar-refractivity contribution in [2.24, 2.45) is 5.92 Å². The van der Waals surface area contributed by atoms with E-state index in [-0.39, 0.29) is 37.7 Å². The molecule has 0 aromatic carbocycles. The molecule has 38 heavy (non-hydrogen) atoms. The van der Waals surface area contributed by atoms with Gasteiger partial charge in [0.1, 0.15) is 6.61 Å². The summed E-state index contributed by atoms with van der Waals surface area (Å²) in [5.74, 6) is -3.47. The van der Waals surface area contributed by atoms with E-state index in [9.17, 15) is 35.9 Å². The van der Waals surface area contributed by atoms with Crippen molar-refractivity contribution < 1.29 is 40.7 Å². The molecule has 2 amide bonds. The van der Waals surface area contributed by atoms with Crippen molar-refractivity contribution in [3.8, 4) is 0 Å². The fourth-order valence-electron chi connectivity index (χ4n) is 4.62. The summed E-state index contributed by atoms with van der Waals surface area (Å²) < 4.78 is 83.5. The fourth-order valence-corrected chi connectivity index (χ4v) is 4.62. The number of nitrogens with zero attached hydrogens (tertiary/aromatic N) is 4. The summed E-state index contributed by atoms with van der Waals surface area (Å²) in [5, 5.41) is 2.75. The van der Waals surface area contributed by atoms with Crippen LogP contribution in [0.15, 0.2) is 12.4 Å². The number of hydrazine groups is 1. The van der Waals surface area contributed by atoms with Gasteiger partial charge >= 0.3 is 12.4 Å². The maximum absolute atomic E-state index is 13.3. The fraction of sp³-hybridized carbons (Fsp3) is 0.727. The third kappa shape index (κ3) is 7.66. The summed E-state index contributed by atoms with van der Waals surface area (Å²) in [6, 6.07) is -1.87. The number of halogens is 6. The number of carbonyl (C=O) groups is 2. The van der Waals surface area contributed by atoms with E-state index in [1.165, 1.54) is 0 Å². The quantitative estimate of drug-likeness (QED) is 0.393. The zero-order valence-electron chi connectivity index (χ0n) is 20.9. The Morgan fingerprint density at radius 1 is 1.21 bits per heavy atom. The summed E-state index contributed by atoms with van der Waals surface area (Å²) in [5.41, 5.74) is 3.49. The molecule has 3 heterocycles. The number of amides is 2. The minimum Gasteiger partial charge on any atom is -0.370 e. The SMILES string of the molecule is CCN(C(=O)COC[C@H](C)NC1CNNC(=O)C1C(F)(F)F)C1CCN(c2ncc(C(F)(F)F)cn2)CC1. The van der Waals surface area contributed by atoms with Crippen LogP contribution in [0, 0.1) is 5.92 Å². The van der Waals surface area contributed by atoms with Gasteiger partial charge in [-0.05, 0) is 26.7 Å². The summed E-state index contributed by atoms with van der Waals surface area (Å²) in [6.45, 7) is 4.28. The minimum absolute atomic E-state index is 0.0459. The molecule has 2 fully saturated rings. The van der Waals surface area contributed by atoms with Gasteiger partial charge in [0.25, 0.3) is 0 Å². The van der Waals surface area contributed by atoms with Crippen LogP contribution in [0.4, 0.5) is 32.3 Å². The number of rotatable bonds is 9. The van der Waals surface area contributed by atoms with Crippen molar-refractivity contribution in [1.82, 2.24) is 31.0 Å². The summed E-state index contributed by atoms with van der Waals surface area (Å²) in [6.07, 6.45) is -6.64. The van der Waals surface area contributed by atoms with Gasteiger partial charge in [-0.15, -0.1) is 0 Å². The Morgan fingerprint density at radius 3 is 2.39 bits per heavy atom. The lowest BCUT2D eigenvalue weighted by atomic mass is 9.96. The second kappa shape index (κ2) is 12.4. The van der Waals surface area contributed by atoms with Crippen LogP contribution in [0.2, 0.25) is 0 Å². The molecule has 2 saturated heterocycles. The molecule has 0 bridgehead atoms. The molecule has 3 N–H and O–H groups in total. The van der Waals surface area contributed by atoms with E-state index in [4.69, 9.17) is 4.74 Å². The summed E-state index contributed by atoms with van der Waals surface area (Å²) in [7, 11) is 0. The molecule has 0 radical (unpaired) electrons. The highest BCUT2D eigenvalue weighted by atomic mass is 19.4. The normalized spacial score (nSPS) is 22.2. The Kier molecular flexibility index (Phi) is 9.75. The van der Waals surface area contributed by atoms with Gasteiger partial charge in [-0.25, -0.2) is 15.4 Å². The van der Waals surface area contributed by atoms with Gasteiger partial charge in [0, 0.05) is 56.7 Å².